The van der Waals surface area contributed by atoms with Crippen molar-refractivity contribution in [2.45, 2.75) is 0 Å². The van der Waals surface area contributed by atoms with Gasteiger partial charge in [-0.25, -0.2) is 0 Å². The van der Waals surface area contributed by atoms with Gasteiger partial charge in [-0.2, -0.15) is 0 Å². The van der Waals surface area contributed by atoms with E-state index in [4.69, 9.17) is 58.6 Å². The summed E-state index contributed by atoms with van der Waals surface area (Å²) in [6.07, 6.45) is 0. The van der Waals surface area contributed by atoms with E-state index in [9.17, 15) is 0 Å². The summed E-state index contributed by atoms with van der Waals surface area (Å²) in [5.41, 5.74) is 1.29. The molecule has 20 heavy (non-hydrogen) atoms. The molecule has 0 spiro atoms. The third kappa shape index (κ3) is 4.40. The fraction of sp³-hybridized carbons (Fsp3) is 0. The van der Waals surface area contributed by atoms with Crippen molar-refractivity contribution in [1.29, 1.82) is 0 Å². The number of anilines is 2. The van der Waals surface area contributed by atoms with Crippen LogP contribution in [0.1, 0.15) is 0 Å². The molecule has 2 aromatic rings. The van der Waals surface area contributed by atoms with Gasteiger partial charge in [0.05, 0.1) is 10.7 Å². The second-order valence-electron chi connectivity index (χ2n) is 3.86. The molecule has 0 radical (unpaired) electrons. The maximum Gasteiger partial charge on any atom is 0.175 e. The number of rotatable bonds is 2. The van der Waals surface area contributed by atoms with Crippen molar-refractivity contribution in [1.82, 2.24) is 0 Å². The quantitative estimate of drug-likeness (QED) is 0.628. The van der Waals surface area contributed by atoms with Gasteiger partial charge in [0.1, 0.15) is 0 Å². The number of hydrogen-bond donors (Lipinski definition) is 2. The minimum absolute atomic E-state index is 0.354. The molecule has 0 atom stereocenters. The van der Waals surface area contributed by atoms with Gasteiger partial charge in [-0.3, -0.25) is 0 Å². The summed E-state index contributed by atoms with van der Waals surface area (Å²) in [4.78, 5) is 0. The van der Waals surface area contributed by atoms with Crippen molar-refractivity contribution in [3.63, 3.8) is 0 Å². The van der Waals surface area contributed by atoms with Crippen molar-refractivity contribution >= 4 is 75.1 Å². The smallest absolute Gasteiger partial charge is 0.175 e. The van der Waals surface area contributed by atoms with E-state index in [1.54, 1.807) is 36.4 Å². The summed E-state index contributed by atoms with van der Waals surface area (Å²) in [6.45, 7) is 0. The maximum absolute atomic E-state index is 6.04. The van der Waals surface area contributed by atoms with Crippen molar-refractivity contribution in [3.8, 4) is 0 Å². The van der Waals surface area contributed by atoms with Gasteiger partial charge in [-0.15, -0.1) is 0 Å². The second-order valence-corrected chi connectivity index (χ2v) is 5.99. The molecule has 0 saturated carbocycles. The normalized spacial score (nSPS) is 10.2. The van der Waals surface area contributed by atoms with Crippen LogP contribution in [0.4, 0.5) is 11.4 Å². The standard InChI is InChI=1S/C13H8Cl4N2S/c14-7-1-2-11(17)12(6-7)19-13(20)18-10-4-8(15)3-9(16)5-10/h1-6H,(H2,18,19,20). The van der Waals surface area contributed by atoms with Gasteiger partial charge in [0, 0.05) is 20.8 Å². The molecule has 0 fully saturated rings. The molecule has 0 saturated heterocycles. The number of benzene rings is 2. The molecule has 2 N–H and O–H groups in total. The van der Waals surface area contributed by atoms with Gasteiger partial charge in [-0.05, 0) is 48.6 Å². The zero-order chi connectivity index (χ0) is 14.7. The lowest BCUT2D eigenvalue weighted by atomic mass is 10.3. The van der Waals surface area contributed by atoms with E-state index >= 15 is 0 Å². The molecule has 0 unspecified atom stereocenters. The van der Waals surface area contributed by atoms with E-state index in [0.29, 0.717) is 36.6 Å². The first kappa shape index (κ1) is 15.7. The first-order valence-electron chi connectivity index (χ1n) is 5.43. The lowest BCUT2D eigenvalue weighted by Gasteiger charge is -2.12. The number of halogens is 4. The molecular weight excluding hydrogens is 358 g/mol. The predicted molar refractivity (Wildman–Crippen MR) is 92.8 cm³/mol. The Morgan fingerprint density at radius 1 is 0.800 bits per heavy atom. The highest BCUT2D eigenvalue weighted by Gasteiger charge is 2.05. The molecule has 2 nitrogen and oxygen atoms in total. The lowest BCUT2D eigenvalue weighted by molar-refractivity contribution is 1.59. The SMILES string of the molecule is S=C(Nc1cc(Cl)cc(Cl)c1)Nc1cc(Cl)ccc1Cl. The van der Waals surface area contributed by atoms with E-state index in [1.807, 2.05) is 0 Å². The zero-order valence-corrected chi connectivity index (χ0v) is 13.7. The molecule has 0 aliphatic carbocycles. The van der Waals surface area contributed by atoms with Crippen molar-refractivity contribution < 1.29 is 0 Å². The van der Waals surface area contributed by atoms with Crippen molar-refractivity contribution in [3.05, 3.63) is 56.5 Å². The first-order chi connectivity index (χ1) is 9.44. The highest BCUT2D eigenvalue weighted by Crippen LogP contribution is 2.26. The molecule has 0 aliphatic heterocycles. The molecule has 104 valence electrons. The Balaban J connectivity index is 2.11. The van der Waals surface area contributed by atoms with E-state index in [1.165, 1.54) is 0 Å². The Morgan fingerprint density at radius 3 is 2.10 bits per heavy atom. The van der Waals surface area contributed by atoms with E-state index < -0.39 is 0 Å². The highest BCUT2D eigenvalue weighted by molar-refractivity contribution is 7.80. The van der Waals surface area contributed by atoms with Crippen LogP contribution < -0.4 is 10.6 Å². The summed E-state index contributed by atoms with van der Waals surface area (Å²) in [5.74, 6) is 0. The summed E-state index contributed by atoms with van der Waals surface area (Å²) in [7, 11) is 0. The summed E-state index contributed by atoms with van der Waals surface area (Å²) in [5, 5.41) is 8.39. The van der Waals surface area contributed by atoms with Crippen LogP contribution in [0.3, 0.4) is 0 Å². The summed E-state index contributed by atoms with van der Waals surface area (Å²) in [6, 6.07) is 10.1. The molecular formula is C13H8Cl4N2S. The molecule has 0 bridgehead atoms. The summed E-state index contributed by atoms with van der Waals surface area (Å²) >= 11 is 29.0. The fourth-order valence-corrected chi connectivity index (χ4v) is 2.59. The Labute approximate surface area is 142 Å². The van der Waals surface area contributed by atoms with Crippen molar-refractivity contribution in [2.24, 2.45) is 0 Å². The zero-order valence-electron chi connectivity index (χ0n) is 9.88. The Bertz CT molecular complexity index is 641. The maximum atomic E-state index is 6.04. The van der Waals surface area contributed by atoms with Crippen LogP contribution in [0.5, 0.6) is 0 Å². The molecule has 0 aromatic heterocycles. The van der Waals surface area contributed by atoms with E-state index in [-0.39, 0.29) is 0 Å². The Kier molecular flexibility index (Phi) is 5.35. The van der Waals surface area contributed by atoms with Crippen LogP contribution in [0.25, 0.3) is 0 Å². The summed E-state index contributed by atoms with van der Waals surface area (Å²) < 4.78 is 0. The van der Waals surface area contributed by atoms with Crippen LogP contribution in [0.2, 0.25) is 20.1 Å². The van der Waals surface area contributed by atoms with Gasteiger partial charge >= 0.3 is 0 Å². The third-order valence-electron chi connectivity index (χ3n) is 2.30. The molecule has 2 aromatic carbocycles. The van der Waals surface area contributed by atoms with Crippen LogP contribution in [-0.2, 0) is 0 Å². The van der Waals surface area contributed by atoms with Gasteiger partial charge in [-0.1, -0.05) is 46.4 Å². The van der Waals surface area contributed by atoms with Gasteiger partial charge in [0.2, 0.25) is 0 Å². The monoisotopic (exact) mass is 364 g/mol. The predicted octanol–water partition coefficient (Wildman–Crippen LogP) is 6.11. The number of nitrogens with one attached hydrogen (secondary N) is 2. The second kappa shape index (κ2) is 6.83. The largest absolute Gasteiger partial charge is 0.332 e. The number of thiocarbonyl (C=S) groups is 1. The third-order valence-corrected chi connectivity index (χ3v) is 3.50. The van der Waals surface area contributed by atoms with Crippen LogP contribution in [0, 0.1) is 0 Å². The van der Waals surface area contributed by atoms with Crippen LogP contribution in [0.15, 0.2) is 36.4 Å². The van der Waals surface area contributed by atoms with E-state index in [2.05, 4.69) is 10.6 Å². The Hall–Kier alpha value is -0.710. The topological polar surface area (TPSA) is 24.1 Å². The number of hydrogen-bond acceptors (Lipinski definition) is 1. The minimum Gasteiger partial charge on any atom is -0.332 e. The van der Waals surface area contributed by atoms with Crippen LogP contribution in [-0.4, -0.2) is 5.11 Å². The minimum atomic E-state index is 0.354. The molecule has 0 amide bonds. The van der Waals surface area contributed by atoms with E-state index in [0.717, 1.165) is 0 Å². The van der Waals surface area contributed by atoms with Crippen LogP contribution >= 0.6 is 58.6 Å². The average Bonchev–Trinajstić information content (AvgIpc) is 2.32. The Morgan fingerprint density at radius 2 is 1.45 bits per heavy atom. The molecule has 0 heterocycles. The lowest BCUT2D eigenvalue weighted by Crippen LogP contribution is -2.19. The molecule has 2 rings (SSSR count). The van der Waals surface area contributed by atoms with Gasteiger partial charge in [0.25, 0.3) is 0 Å². The van der Waals surface area contributed by atoms with Gasteiger partial charge in [0.15, 0.2) is 5.11 Å². The van der Waals surface area contributed by atoms with Gasteiger partial charge < -0.3 is 10.6 Å². The molecule has 7 heteroatoms. The fourth-order valence-electron chi connectivity index (χ4n) is 1.50. The first-order valence-corrected chi connectivity index (χ1v) is 7.35. The highest BCUT2D eigenvalue weighted by atomic mass is 35.5. The average molecular weight is 366 g/mol. The van der Waals surface area contributed by atoms with Crippen molar-refractivity contribution in [2.75, 3.05) is 10.6 Å². The molecule has 0 aliphatic rings.